The number of carbonyl (C=O) groups excluding carboxylic acids is 1. The van der Waals surface area contributed by atoms with Crippen molar-refractivity contribution in [2.24, 2.45) is 0 Å². The van der Waals surface area contributed by atoms with Crippen molar-refractivity contribution < 1.29 is 13.2 Å². The molecule has 2 N–H and O–H groups in total. The van der Waals surface area contributed by atoms with Crippen molar-refractivity contribution in [3.8, 4) is 0 Å². The van der Waals surface area contributed by atoms with E-state index in [0.717, 1.165) is 10.8 Å². The van der Waals surface area contributed by atoms with Crippen LogP contribution in [0.15, 0.2) is 71.6 Å². The molecule has 0 fully saturated rings. The zero-order valence-corrected chi connectivity index (χ0v) is 13.9. The molecule has 0 aliphatic carbocycles. The predicted molar refractivity (Wildman–Crippen MR) is 94.7 cm³/mol. The van der Waals surface area contributed by atoms with Gasteiger partial charge in [0.2, 0.25) is 0 Å². The third-order valence-electron chi connectivity index (χ3n) is 3.36. The number of hydrogen-bond acceptors (Lipinski definition) is 3. The van der Waals surface area contributed by atoms with E-state index < -0.39 is 16.1 Å². The van der Waals surface area contributed by atoms with Crippen LogP contribution in [0.1, 0.15) is 0 Å². The van der Waals surface area contributed by atoms with Gasteiger partial charge in [0.05, 0.1) is 4.90 Å². The maximum Gasteiger partial charge on any atom is 0.333 e. The lowest BCUT2D eigenvalue weighted by atomic mass is 10.1. The quantitative estimate of drug-likeness (QED) is 0.741. The highest BCUT2D eigenvalue weighted by atomic mass is 35.5. The number of nitrogens with one attached hydrogen (secondary N) is 2. The summed E-state index contributed by atoms with van der Waals surface area (Å²) in [4.78, 5) is 11.9. The minimum absolute atomic E-state index is 0.0208. The molecule has 0 unspecified atom stereocenters. The highest BCUT2D eigenvalue weighted by molar-refractivity contribution is 7.90. The molecule has 0 bridgehead atoms. The number of rotatable bonds is 3. The Labute approximate surface area is 144 Å². The molecule has 0 aromatic heterocycles. The summed E-state index contributed by atoms with van der Waals surface area (Å²) >= 11 is 5.76. The maximum absolute atomic E-state index is 12.3. The molecule has 122 valence electrons. The first-order valence-electron chi connectivity index (χ1n) is 7.02. The summed E-state index contributed by atoms with van der Waals surface area (Å²) in [6.07, 6.45) is 0. The van der Waals surface area contributed by atoms with Gasteiger partial charge in [-0.3, -0.25) is 0 Å². The Morgan fingerprint density at radius 1 is 0.875 bits per heavy atom. The number of carbonyl (C=O) groups is 1. The SMILES string of the molecule is O=C(Nc1ccc(Cl)cc1)NS(=O)(=O)c1ccc2ccccc2c1. The maximum atomic E-state index is 12.3. The standard InChI is InChI=1S/C17H13ClN2O3S/c18-14-6-8-15(9-7-14)19-17(21)20-24(22,23)16-10-5-12-3-1-2-4-13(12)11-16/h1-11H,(H2,19,20,21). The fourth-order valence-electron chi connectivity index (χ4n) is 2.21. The number of anilines is 1. The van der Waals surface area contributed by atoms with Crippen LogP contribution in [0.25, 0.3) is 10.8 Å². The van der Waals surface area contributed by atoms with Crippen molar-refractivity contribution in [3.05, 3.63) is 71.8 Å². The van der Waals surface area contributed by atoms with Crippen molar-refractivity contribution in [1.29, 1.82) is 0 Å². The lowest BCUT2D eigenvalue weighted by molar-refractivity contribution is 0.256. The number of amides is 2. The molecule has 0 atom stereocenters. The van der Waals surface area contributed by atoms with Crippen molar-refractivity contribution >= 4 is 44.1 Å². The van der Waals surface area contributed by atoms with E-state index in [1.54, 1.807) is 30.3 Å². The number of benzene rings is 3. The second kappa shape index (κ2) is 6.51. The molecule has 0 saturated carbocycles. The van der Waals surface area contributed by atoms with Gasteiger partial charge in [-0.25, -0.2) is 17.9 Å². The van der Waals surface area contributed by atoms with Crippen LogP contribution < -0.4 is 10.0 Å². The van der Waals surface area contributed by atoms with Crippen LogP contribution in [0.4, 0.5) is 10.5 Å². The van der Waals surface area contributed by atoms with E-state index >= 15 is 0 Å². The normalized spacial score (nSPS) is 11.2. The number of sulfonamides is 1. The number of urea groups is 1. The van der Waals surface area contributed by atoms with Gasteiger partial charge in [-0.2, -0.15) is 0 Å². The van der Waals surface area contributed by atoms with E-state index in [0.29, 0.717) is 10.7 Å². The molecular weight excluding hydrogens is 348 g/mol. The summed E-state index contributed by atoms with van der Waals surface area (Å²) in [7, 11) is -3.97. The van der Waals surface area contributed by atoms with Crippen molar-refractivity contribution in [3.63, 3.8) is 0 Å². The molecule has 0 saturated heterocycles. The van der Waals surface area contributed by atoms with Gasteiger partial charge in [-0.05, 0) is 47.2 Å². The summed E-state index contributed by atoms with van der Waals surface area (Å²) in [6.45, 7) is 0. The van der Waals surface area contributed by atoms with Crippen molar-refractivity contribution in [1.82, 2.24) is 4.72 Å². The van der Waals surface area contributed by atoms with E-state index in [1.807, 2.05) is 29.0 Å². The molecule has 0 radical (unpaired) electrons. The van der Waals surface area contributed by atoms with Crippen LogP contribution in [0.3, 0.4) is 0 Å². The number of halogens is 1. The average molecular weight is 361 g/mol. The van der Waals surface area contributed by atoms with E-state index in [2.05, 4.69) is 5.32 Å². The van der Waals surface area contributed by atoms with Gasteiger partial charge < -0.3 is 5.32 Å². The van der Waals surface area contributed by atoms with E-state index in [9.17, 15) is 13.2 Å². The Morgan fingerprint density at radius 2 is 1.54 bits per heavy atom. The largest absolute Gasteiger partial charge is 0.333 e. The van der Waals surface area contributed by atoms with E-state index in [1.165, 1.54) is 12.1 Å². The fraction of sp³-hybridized carbons (Fsp3) is 0. The Hall–Kier alpha value is -2.57. The second-order valence-corrected chi connectivity index (χ2v) is 7.19. The topological polar surface area (TPSA) is 75.3 Å². The third-order valence-corrected chi connectivity index (χ3v) is 4.94. The van der Waals surface area contributed by atoms with Crippen LogP contribution in [-0.2, 0) is 10.0 Å². The lowest BCUT2D eigenvalue weighted by Gasteiger charge is -2.09. The first-order chi connectivity index (χ1) is 11.4. The van der Waals surface area contributed by atoms with Crippen molar-refractivity contribution in [2.45, 2.75) is 4.90 Å². The zero-order chi connectivity index (χ0) is 17.2. The van der Waals surface area contributed by atoms with Crippen LogP contribution in [-0.4, -0.2) is 14.4 Å². The molecule has 0 heterocycles. The first-order valence-corrected chi connectivity index (χ1v) is 8.88. The number of fused-ring (bicyclic) bond motifs is 1. The summed E-state index contributed by atoms with van der Waals surface area (Å²) in [5.41, 5.74) is 0.436. The molecule has 7 heteroatoms. The third kappa shape index (κ3) is 3.67. The lowest BCUT2D eigenvalue weighted by Crippen LogP contribution is -2.34. The van der Waals surface area contributed by atoms with Crippen molar-refractivity contribution in [2.75, 3.05) is 5.32 Å². The number of hydrogen-bond donors (Lipinski definition) is 2. The van der Waals surface area contributed by atoms with E-state index in [4.69, 9.17) is 11.6 Å². The zero-order valence-electron chi connectivity index (χ0n) is 12.4. The van der Waals surface area contributed by atoms with Crippen LogP contribution in [0, 0.1) is 0 Å². The van der Waals surface area contributed by atoms with Gasteiger partial charge in [0.25, 0.3) is 10.0 Å². The van der Waals surface area contributed by atoms with Gasteiger partial charge in [0, 0.05) is 10.7 Å². The van der Waals surface area contributed by atoms with Crippen LogP contribution in [0.2, 0.25) is 5.02 Å². The Bertz CT molecular complexity index is 1000. The minimum Gasteiger partial charge on any atom is -0.307 e. The second-order valence-electron chi connectivity index (χ2n) is 5.08. The monoisotopic (exact) mass is 360 g/mol. The van der Waals surface area contributed by atoms with Gasteiger partial charge in [0.1, 0.15) is 0 Å². The molecule has 0 spiro atoms. The summed E-state index contributed by atoms with van der Waals surface area (Å²) in [6, 6.07) is 17.5. The Kier molecular flexibility index (Phi) is 4.42. The molecular formula is C17H13ClN2O3S. The summed E-state index contributed by atoms with van der Waals surface area (Å²) in [5, 5.41) is 4.66. The smallest absolute Gasteiger partial charge is 0.307 e. The Balaban J connectivity index is 1.79. The first kappa shape index (κ1) is 16.3. The highest BCUT2D eigenvalue weighted by Gasteiger charge is 2.18. The molecule has 0 aliphatic heterocycles. The molecule has 3 aromatic rings. The van der Waals surface area contributed by atoms with Crippen LogP contribution >= 0.6 is 11.6 Å². The molecule has 3 aromatic carbocycles. The van der Waals surface area contributed by atoms with E-state index in [-0.39, 0.29) is 4.90 Å². The fourth-order valence-corrected chi connectivity index (χ4v) is 3.27. The summed E-state index contributed by atoms with van der Waals surface area (Å²) in [5.74, 6) is 0. The van der Waals surface area contributed by atoms with Gasteiger partial charge in [0.15, 0.2) is 0 Å². The Morgan fingerprint density at radius 3 is 2.25 bits per heavy atom. The molecule has 24 heavy (non-hydrogen) atoms. The van der Waals surface area contributed by atoms with Crippen LogP contribution in [0.5, 0.6) is 0 Å². The molecule has 3 rings (SSSR count). The van der Waals surface area contributed by atoms with Gasteiger partial charge >= 0.3 is 6.03 Å². The average Bonchev–Trinajstić information content (AvgIpc) is 2.56. The summed E-state index contributed by atoms with van der Waals surface area (Å²) < 4.78 is 26.7. The van der Waals surface area contributed by atoms with Gasteiger partial charge in [-0.1, -0.05) is 41.9 Å². The molecule has 0 aliphatic rings. The molecule has 5 nitrogen and oxygen atoms in total. The highest BCUT2D eigenvalue weighted by Crippen LogP contribution is 2.19. The van der Waals surface area contributed by atoms with Gasteiger partial charge in [-0.15, -0.1) is 0 Å². The minimum atomic E-state index is -3.97. The molecule has 2 amide bonds. The predicted octanol–water partition coefficient (Wildman–Crippen LogP) is 4.00.